The average molecular weight is 233 g/mol. The van der Waals surface area contributed by atoms with E-state index in [9.17, 15) is 0 Å². The molecule has 4 heteroatoms. The lowest BCUT2D eigenvalue weighted by molar-refractivity contribution is 0.580. The van der Waals surface area contributed by atoms with E-state index in [2.05, 4.69) is 4.98 Å². The van der Waals surface area contributed by atoms with Gasteiger partial charge in [-0.15, -0.1) is 11.6 Å². The molecule has 0 unspecified atom stereocenters. The molecule has 3 rings (SSSR count). The van der Waals surface area contributed by atoms with Crippen molar-refractivity contribution in [2.75, 3.05) is 0 Å². The predicted molar refractivity (Wildman–Crippen MR) is 62.5 cm³/mol. The maximum atomic E-state index is 5.78. The summed E-state index contributed by atoms with van der Waals surface area (Å²) in [4.78, 5) is 4.47. The van der Waals surface area contributed by atoms with Crippen LogP contribution in [0.2, 0.25) is 0 Å². The Labute approximate surface area is 97.3 Å². The van der Waals surface area contributed by atoms with E-state index in [1.54, 1.807) is 6.26 Å². The Morgan fingerprint density at radius 3 is 3.06 bits per heavy atom. The molecule has 0 saturated heterocycles. The Kier molecular flexibility index (Phi) is 2.18. The van der Waals surface area contributed by atoms with Crippen molar-refractivity contribution in [1.82, 2.24) is 9.38 Å². The summed E-state index contributed by atoms with van der Waals surface area (Å²) in [6.07, 6.45) is 5.53. The molecular weight excluding hydrogens is 224 g/mol. The molecule has 0 bridgehead atoms. The number of halogens is 1. The zero-order valence-electron chi connectivity index (χ0n) is 8.43. The van der Waals surface area contributed by atoms with Crippen LogP contribution >= 0.6 is 11.6 Å². The lowest BCUT2D eigenvalue weighted by Crippen LogP contribution is -1.84. The highest BCUT2D eigenvalue weighted by molar-refractivity contribution is 6.17. The molecule has 0 fully saturated rings. The smallest absolute Gasteiger partial charge is 0.153 e. The molecule has 0 N–H and O–H groups in total. The number of aromatic nitrogens is 2. The number of pyridine rings is 1. The third-order valence-corrected chi connectivity index (χ3v) is 2.76. The third kappa shape index (κ3) is 1.49. The van der Waals surface area contributed by atoms with Crippen LogP contribution in [-0.2, 0) is 5.88 Å². The molecule has 80 valence electrons. The fourth-order valence-corrected chi connectivity index (χ4v) is 1.82. The van der Waals surface area contributed by atoms with Gasteiger partial charge in [-0.2, -0.15) is 0 Å². The maximum absolute atomic E-state index is 5.78. The van der Waals surface area contributed by atoms with Crippen LogP contribution in [0.1, 0.15) is 5.56 Å². The van der Waals surface area contributed by atoms with E-state index in [1.807, 2.05) is 41.1 Å². The van der Waals surface area contributed by atoms with Crippen LogP contribution in [0, 0.1) is 0 Å². The summed E-state index contributed by atoms with van der Waals surface area (Å²) in [6, 6.07) is 7.70. The maximum Gasteiger partial charge on any atom is 0.153 e. The van der Waals surface area contributed by atoms with Crippen molar-refractivity contribution in [2.24, 2.45) is 0 Å². The first-order valence-corrected chi connectivity index (χ1v) is 5.48. The van der Waals surface area contributed by atoms with Crippen LogP contribution < -0.4 is 0 Å². The molecule has 0 aliphatic carbocycles. The van der Waals surface area contributed by atoms with Crippen LogP contribution in [-0.4, -0.2) is 9.38 Å². The first kappa shape index (κ1) is 9.48. The van der Waals surface area contributed by atoms with Gasteiger partial charge in [0.05, 0.1) is 6.26 Å². The second kappa shape index (κ2) is 3.68. The first-order chi connectivity index (χ1) is 7.86. The summed E-state index contributed by atoms with van der Waals surface area (Å²) >= 11 is 5.78. The minimum Gasteiger partial charge on any atom is -0.463 e. The van der Waals surface area contributed by atoms with Gasteiger partial charge in [0.25, 0.3) is 0 Å². The van der Waals surface area contributed by atoms with Gasteiger partial charge >= 0.3 is 0 Å². The second-order valence-corrected chi connectivity index (χ2v) is 3.80. The Bertz CT molecular complexity index is 613. The van der Waals surface area contributed by atoms with E-state index in [-0.39, 0.29) is 0 Å². The molecule has 3 heterocycles. The van der Waals surface area contributed by atoms with Gasteiger partial charge in [-0.1, -0.05) is 0 Å². The van der Waals surface area contributed by atoms with Gasteiger partial charge in [0.1, 0.15) is 11.3 Å². The molecule has 0 amide bonds. The normalized spacial score (nSPS) is 11.1. The average Bonchev–Trinajstić information content (AvgIpc) is 2.96. The van der Waals surface area contributed by atoms with E-state index in [0.717, 1.165) is 22.7 Å². The van der Waals surface area contributed by atoms with Crippen LogP contribution in [0.25, 0.3) is 17.1 Å². The molecule has 0 radical (unpaired) electrons. The van der Waals surface area contributed by atoms with Crippen LogP contribution in [0.15, 0.2) is 47.3 Å². The Morgan fingerprint density at radius 1 is 1.38 bits per heavy atom. The van der Waals surface area contributed by atoms with Gasteiger partial charge in [0.15, 0.2) is 5.76 Å². The highest BCUT2D eigenvalue weighted by atomic mass is 35.5. The molecule has 16 heavy (non-hydrogen) atoms. The monoisotopic (exact) mass is 232 g/mol. The van der Waals surface area contributed by atoms with Crippen LogP contribution in [0.5, 0.6) is 0 Å². The number of alkyl halides is 1. The van der Waals surface area contributed by atoms with Gasteiger partial charge < -0.3 is 8.82 Å². The van der Waals surface area contributed by atoms with Crippen molar-refractivity contribution < 1.29 is 4.42 Å². The minimum absolute atomic E-state index is 0.499. The topological polar surface area (TPSA) is 30.4 Å². The van der Waals surface area contributed by atoms with Crippen molar-refractivity contribution in [1.29, 1.82) is 0 Å². The summed E-state index contributed by atoms with van der Waals surface area (Å²) < 4.78 is 7.26. The quantitative estimate of drug-likeness (QED) is 0.635. The Balaban J connectivity index is 2.16. The fourth-order valence-electron chi connectivity index (χ4n) is 1.65. The first-order valence-electron chi connectivity index (χ1n) is 4.94. The Morgan fingerprint density at radius 2 is 2.31 bits per heavy atom. The molecule has 3 aromatic heterocycles. The van der Waals surface area contributed by atoms with E-state index >= 15 is 0 Å². The highest BCUT2D eigenvalue weighted by Gasteiger charge is 2.06. The van der Waals surface area contributed by atoms with E-state index in [1.165, 1.54) is 0 Å². The highest BCUT2D eigenvalue weighted by Crippen LogP contribution is 2.20. The molecule has 0 aliphatic rings. The van der Waals surface area contributed by atoms with Gasteiger partial charge in [0.2, 0.25) is 0 Å². The molecule has 0 atom stereocenters. The van der Waals surface area contributed by atoms with E-state index < -0.39 is 0 Å². The lowest BCUT2D eigenvalue weighted by Gasteiger charge is -1.95. The summed E-state index contributed by atoms with van der Waals surface area (Å²) in [6.45, 7) is 0. The minimum atomic E-state index is 0.499. The van der Waals surface area contributed by atoms with Gasteiger partial charge in [0, 0.05) is 18.3 Å². The summed E-state index contributed by atoms with van der Waals surface area (Å²) in [7, 11) is 0. The molecule has 0 saturated carbocycles. The standard InChI is InChI=1S/C12H9ClN2O/c13-7-9-3-4-15-8-10(14-12(15)6-9)11-2-1-5-16-11/h1-6,8H,7H2. The number of imidazole rings is 1. The van der Waals surface area contributed by atoms with Crippen molar-refractivity contribution in [2.45, 2.75) is 5.88 Å². The lowest BCUT2D eigenvalue weighted by atomic mass is 10.3. The molecular formula is C12H9ClN2O. The zero-order chi connectivity index (χ0) is 11.0. The summed E-state index contributed by atoms with van der Waals surface area (Å²) in [5.41, 5.74) is 2.77. The van der Waals surface area contributed by atoms with Crippen molar-refractivity contribution in [3.05, 3.63) is 48.5 Å². The molecule has 0 spiro atoms. The number of nitrogens with zero attached hydrogens (tertiary/aromatic N) is 2. The van der Waals surface area contributed by atoms with E-state index in [4.69, 9.17) is 16.0 Å². The number of hydrogen-bond acceptors (Lipinski definition) is 2. The fraction of sp³-hybridized carbons (Fsp3) is 0.0833. The summed E-state index contributed by atoms with van der Waals surface area (Å²) in [5, 5.41) is 0. The Hall–Kier alpha value is -1.74. The van der Waals surface area contributed by atoms with Crippen molar-refractivity contribution in [3.63, 3.8) is 0 Å². The largest absolute Gasteiger partial charge is 0.463 e. The van der Waals surface area contributed by atoms with E-state index in [0.29, 0.717) is 5.88 Å². The zero-order valence-corrected chi connectivity index (χ0v) is 9.19. The van der Waals surface area contributed by atoms with Crippen LogP contribution in [0.3, 0.4) is 0 Å². The summed E-state index contributed by atoms with van der Waals surface area (Å²) in [5.74, 6) is 1.27. The molecule has 3 nitrogen and oxygen atoms in total. The molecule has 0 aliphatic heterocycles. The third-order valence-electron chi connectivity index (χ3n) is 2.45. The van der Waals surface area contributed by atoms with Crippen LogP contribution in [0.4, 0.5) is 0 Å². The number of rotatable bonds is 2. The predicted octanol–water partition coefficient (Wildman–Crippen LogP) is 3.33. The second-order valence-electron chi connectivity index (χ2n) is 3.54. The van der Waals surface area contributed by atoms with Gasteiger partial charge in [-0.3, -0.25) is 0 Å². The van der Waals surface area contributed by atoms with Gasteiger partial charge in [-0.25, -0.2) is 4.98 Å². The number of furan rings is 1. The SMILES string of the molecule is ClCc1ccn2cc(-c3ccco3)nc2c1. The number of hydrogen-bond donors (Lipinski definition) is 0. The van der Waals surface area contributed by atoms with Crippen molar-refractivity contribution in [3.8, 4) is 11.5 Å². The number of fused-ring (bicyclic) bond motifs is 1. The van der Waals surface area contributed by atoms with Crippen molar-refractivity contribution >= 4 is 17.2 Å². The molecule has 3 aromatic rings. The van der Waals surface area contributed by atoms with Gasteiger partial charge in [-0.05, 0) is 29.8 Å². The molecule has 0 aromatic carbocycles.